The summed E-state index contributed by atoms with van der Waals surface area (Å²) < 4.78 is 0. The fourth-order valence-electron chi connectivity index (χ4n) is 2.62. The van der Waals surface area contributed by atoms with Gasteiger partial charge in [0.15, 0.2) is 5.82 Å². The summed E-state index contributed by atoms with van der Waals surface area (Å²) in [5.41, 5.74) is 2.56. The van der Waals surface area contributed by atoms with E-state index in [1.807, 2.05) is 36.4 Å². The Kier molecular flexibility index (Phi) is 4.70. The fourth-order valence-corrected chi connectivity index (χ4v) is 3.44. The number of hydrogen-bond acceptors (Lipinski definition) is 4. The van der Waals surface area contributed by atoms with Crippen LogP contribution in [-0.2, 0) is 4.79 Å². The van der Waals surface area contributed by atoms with Crippen LogP contribution >= 0.6 is 23.4 Å². The number of para-hydroxylation sites is 1. The second kappa shape index (κ2) is 7.30. The van der Waals surface area contributed by atoms with Crippen molar-refractivity contribution in [2.45, 2.75) is 5.16 Å². The molecule has 134 valence electrons. The van der Waals surface area contributed by atoms with Gasteiger partial charge in [0, 0.05) is 33.2 Å². The zero-order valence-corrected chi connectivity index (χ0v) is 15.4. The van der Waals surface area contributed by atoms with Crippen LogP contribution in [0.1, 0.15) is 5.56 Å². The number of carbonyl (C=O) groups is 1. The Morgan fingerprint density at radius 3 is 2.70 bits per heavy atom. The van der Waals surface area contributed by atoms with E-state index in [4.69, 9.17) is 11.6 Å². The van der Waals surface area contributed by atoms with Gasteiger partial charge in [-0.05, 0) is 48.2 Å². The Morgan fingerprint density at radius 2 is 1.93 bits per heavy atom. The van der Waals surface area contributed by atoms with Crippen molar-refractivity contribution in [2.24, 2.45) is 0 Å². The number of rotatable bonds is 5. The molecule has 8 heteroatoms. The van der Waals surface area contributed by atoms with Crippen molar-refractivity contribution in [1.29, 1.82) is 0 Å². The minimum atomic E-state index is -1.04. The van der Waals surface area contributed by atoms with Crippen molar-refractivity contribution in [3.05, 3.63) is 70.2 Å². The molecule has 0 saturated heterocycles. The molecule has 0 amide bonds. The van der Waals surface area contributed by atoms with Gasteiger partial charge in [-0.25, -0.2) is 9.78 Å². The Morgan fingerprint density at radius 1 is 1.15 bits per heavy atom. The van der Waals surface area contributed by atoms with E-state index in [9.17, 15) is 9.90 Å². The van der Waals surface area contributed by atoms with E-state index >= 15 is 0 Å². The second-order valence-electron chi connectivity index (χ2n) is 5.68. The quantitative estimate of drug-likeness (QED) is 0.332. The number of fused-ring (bicyclic) bond motifs is 1. The smallest absolute Gasteiger partial charge is 0.342 e. The molecule has 0 saturated carbocycles. The van der Waals surface area contributed by atoms with Crippen LogP contribution in [0.25, 0.3) is 28.4 Å². The predicted octanol–water partition coefficient (Wildman–Crippen LogP) is 4.82. The van der Waals surface area contributed by atoms with Gasteiger partial charge in [0.25, 0.3) is 0 Å². The minimum absolute atomic E-state index is 0.126. The number of nitrogens with one attached hydrogen (secondary N) is 2. The third-order valence-corrected chi connectivity index (χ3v) is 5.03. The number of aromatic nitrogens is 4. The molecular formula is C19H13ClN4O2S. The van der Waals surface area contributed by atoms with Crippen molar-refractivity contribution in [3.63, 3.8) is 0 Å². The van der Waals surface area contributed by atoms with Gasteiger partial charge in [-0.2, -0.15) is 0 Å². The summed E-state index contributed by atoms with van der Waals surface area (Å²) in [5.74, 6) is -0.492. The second-order valence-corrected chi connectivity index (χ2v) is 7.12. The van der Waals surface area contributed by atoms with E-state index in [0.29, 0.717) is 16.0 Å². The van der Waals surface area contributed by atoms with Gasteiger partial charge in [0.05, 0.1) is 0 Å². The van der Waals surface area contributed by atoms with Gasteiger partial charge < -0.3 is 10.1 Å². The highest BCUT2D eigenvalue weighted by Crippen LogP contribution is 2.29. The summed E-state index contributed by atoms with van der Waals surface area (Å²) in [6, 6.07) is 14.9. The van der Waals surface area contributed by atoms with Gasteiger partial charge in [0.2, 0.25) is 5.16 Å². The van der Waals surface area contributed by atoms with E-state index in [1.165, 1.54) is 0 Å². The zero-order valence-electron chi connectivity index (χ0n) is 13.8. The number of benzene rings is 2. The molecule has 4 aromatic rings. The summed E-state index contributed by atoms with van der Waals surface area (Å²) in [5, 5.41) is 18.4. The van der Waals surface area contributed by atoms with Crippen LogP contribution in [0.5, 0.6) is 0 Å². The number of H-pyrrole nitrogens is 2. The number of nitrogens with zero attached hydrogens (tertiary/aromatic N) is 2. The van der Waals surface area contributed by atoms with Crippen molar-refractivity contribution in [2.75, 3.05) is 0 Å². The molecule has 27 heavy (non-hydrogen) atoms. The molecule has 3 N–H and O–H groups in total. The average Bonchev–Trinajstić information content (AvgIpc) is 3.29. The molecule has 0 fully saturated rings. The molecule has 0 radical (unpaired) electrons. The first-order valence-electron chi connectivity index (χ1n) is 7.97. The number of aromatic amines is 2. The summed E-state index contributed by atoms with van der Waals surface area (Å²) in [4.78, 5) is 19.3. The number of halogens is 1. The highest BCUT2D eigenvalue weighted by molar-refractivity contribution is 8.04. The fraction of sp³-hybridized carbons (Fsp3) is 0. The first kappa shape index (κ1) is 17.4. The van der Waals surface area contributed by atoms with Gasteiger partial charge >= 0.3 is 5.97 Å². The molecule has 2 aromatic heterocycles. The Labute approximate surface area is 163 Å². The highest BCUT2D eigenvalue weighted by atomic mass is 35.5. The van der Waals surface area contributed by atoms with Crippen molar-refractivity contribution < 1.29 is 9.90 Å². The molecule has 0 aliphatic carbocycles. The maximum Gasteiger partial charge on any atom is 0.342 e. The lowest BCUT2D eigenvalue weighted by molar-refractivity contribution is -0.131. The maximum atomic E-state index is 11.7. The van der Waals surface area contributed by atoms with Crippen LogP contribution in [0.3, 0.4) is 0 Å². The molecule has 0 unspecified atom stereocenters. The molecule has 0 aliphatic heterocycles. The first-order valence-corrected chi connectivity index (χ1v) is 9.17. The van der Waals surface area contributed by atoms with Gasteiger partial charge in [-0.1, -0.05) is 29.8 Å². The molecule has 0 aliphatic rings. The van der Waals surface area contributed by atoms with Crippen LogP contribution < -0.4 is 0 Å². The Hall–Kier alpha value is -3.03. The van der Waals surface area contributed by atoms with Crippen LogP contribution in [0.4, 0.5) is 0 Å². The van der Waals surface area contributed by atoms with Crippen molar-refractivity contribution >= 4 is 46.3 Å². The van der Waals surface area contributed by atoms with E-state index < -0.39 is 5.97 Å². The lowest BCUT2D eigenvalue weighted by Crippen LogP contribution is -1.97. The molecule has 2 aromatic carbocycles. The third kappa shape index (κ3) is 3.74. The predicted molar refractivity (Wildman–Crippen MR) is 107 cm³/mol. The number of hydrogen-bond donors (Lipinski definition) is 3. The van der Waals surface area contributed by atoms with Gasteiger partial charge in [-0.15, -0.1) is 5.10 Å². The Balaban J connectivity index is 1.63. The van der Waals surface area contributed by atoms with Crippen molar-refractivity contribution in [1.82, 2.24) is 20.2 Å². The topological polar surface area (TPSA) is 94.7 Å². The minimum Gasteiger partial charge on any atom is -0.477 e. The lowest BCUT2D eigenvalue weighted by Gasteiger charge is -1.99. The van der Waals surface area contributed by atoms with Crippen LogP contribution in [0, 0.1) is 0 Å². The molecule has 6 nitrogen and oxygen atoms in total. The first-order chi connectivity index (χ1) is 13.1. The van der Waals surface area contributed by atoms with E-state index in [0.717, 1.165) is 33.8 Å². The summed E-state index contributed by atoms with van der Waals surface area (Å²) in [6.07, 6.45) is 3.40. The molecular weight excluding hydrogens is 384 g/mol. The number of aliphatic carboxylic acids is 1. The third-order valence-electron chi connectivity index (χ3n) is 3.90. The van der Waals surface area contributed by atoms with Crippen molar-refractivity contribution in [3.8, 4) is 11.4 Å². The van der Waals surface area contributed by atoms with Crippen LogP contribution in [0.2, 0.25) is 5.02 Å². The molecule has 2 heterocycles. The van der Waals surface area contributed by atoms with E-state index in [1.54, 1.807) is 24.4 Å². The zero-order chi connectivity index (χ0) is 18.8. The lowest BCUT2D eigenvalue weighted by atomic mass is 10.1. The van der Waals surface area contributed by atoms with E-state index in [-0.39, 0.29) is 4.91 Å². The molecule has 0 atom stereocenters. The highest BCUT2D eigenvalue weighted by Gasteiger charge is 2.15. The largest absolute Gasteiger partial charge is 0.477 e. The normalized spacial score (nSPS) is 11.8. The molecule has 0 spiro atoms. The molecule has 0 bridgehead atoms. The average molecular weight is 397 g/mol. The summed E-state index contributed by atoms with van der Waals surface area (Å²) in [7, 11) is 0. The SMILES string of the molecule is O=C(O)/C(=C/c1c[nH]c2ccccc12)Sc1n[nH]c(-c2ccc(Cl)cc2)n1. The van der Waals surface area contributed by atoms with Gasteiger partial charge in [0.1, 0.15) is 4.91 Å². The van der Waals surface area contributed by atoms with Gasteiger partial charge in [-0.3, -0.25) is 5.10 Å². The summed E-state index contributed by atoms with van der Waals surface area (Å²) in [6.45, 7) is 0. The number of carboxylic acid groups (broad SMARTS) is 1. The number of carboxylic acids is 1. The Bertz CT molecular complexity index is 1150. The summed E-state index contributed by atoms with van der Waals surface area (Å²) >= 11 is 6.88. The van der Waals surface area contributed by atoms with Crippen LogP contribution in [0.15, 0.2) is 64.8 Å². The monoisotopic (exact) mass is 396 g/mol. The standard InChI is InChI=1S/C19H13ClN4O2S/c20-13-7-5-11(6-8-13)17-22-19(24-23-17)27-16(18(25)26)9-12-10-21-15-4-2-1-3-14(12)15/h1-10,21H,(H,25,26)(H,22,23,24)/b16-9-. The maximum absolute atomic E-state index is 11.7. The van der Waals surface area contributed by atoms with Crippen LogP contribution in [-0.4, -0.2) is 31.2 Å². The van der Waals surface area contributed by atoms with E-state index in [2.05, 4.69) is 20.2 Å². The number of thioether (sulfide) groups is 1. The molecule has 4 rings (SSSR count).